The van der Waals surface area contributed by atoms with Crippen molar-refractivity contribution in [3.05, 3.63) is 0 Å². The molecule has 0 fully saturated rings. The predicted molar refractivity (Wildman–Crippen MR) is 40.0 cm³/mol. The first-order chi connectivity index (χ1) is 4.21. The first-order valence-corrected chi connectivity index (χ1v) is 5.33. The molecule has 0 bridgehead atoms. The van der Waals surface area contributed by atoms with Gasteiger partial charge in [0.1, 0.15) is 0 Å². The van der Waals surface area contributed by atoms with Crippen LogP contribution in [0.2, 0.25) is 0 Å². The van der Waals surface area contributed by atoms with E-state index >= 15 is 0 Å². The number of hydrogen-bond acceptors (Lipinski definition) is 4. The molecule has 2 N–H and O–H groups in total. The van der Waals surface area contributed by atoms with Crippen molar-refractivity contribution in [3.8, 4) is 0 Å². The molecule has 0 aromatic rings. The van der Waals surface area contributed by atoms with Crippen molar-refractivity contribution >= 4 is 71.6 Å². The van der Waals surface area contributed by atoms with Gasteiger partial charge in [0, 0.05) is 0 Å². The molecule has 0 aliphatic heterocycles. The topological polar surface area (TPSA) is 109 Å². The zero-order valence-corrected chi connectivity index (χ0v) is 6.39. The fourth-order valence-corrected chi connectivity index (χ4v) is 1.90. The van der Waals surface area contributed by atoms with Gasteiger partial charge in [-0.1, -0.05) is 0 Å². The van der Waals surface area contributed by atoms with E-state index in [0.717, 1.165) is 0 Å². The van der Waals surface area contributed by atoms with Crippen LogP contribution in [0.4, 0.5) is 0 Å². The summed E-state index contributed by atoms with van der Waals surface area (Å²) in [5, 5.41) is 0. The summed E-state index contributed by atoms with van der Waals surface area (Å²) in [7, 11) is -8.59. The summed E-state index contributed by atoms with van der Waals surface area (Å²) in [5.41, 5.74) is 0. The SMILES string of the molecule is O=S(=O)(O)CCS(=O)(=O)O.[KH]. The summed E-state index contributed by atoms with van der Waals surface area (Å²) in [4.78, 5) is 0. The van der Waals surface area contributed by atoms with E-state index in [4.69, 9.17) is 9.11 Å². The molecule has 0 atom stereocenters. The fraction of sp³-hybridized carbons (Fsp3) is 1.00. The van der Waals surface area contributed by atoms with E-state index in [1.165, 1.54) is 0 Å². The second-order valence-corrected chi connectivity index (χ2v) is 4.72. The molecule has 0 rings (SSSR count). The van der Waals surface area contributed by atoms with E-state index in [1.54, 1.807) is 0 Å². The zero-order valence-electron chi connectivity index (χ0n) is 4.76. The van der Waals surface area contributed by atoms with E-state index in [1.807, 2.05) is 0 Å². The Hall–Kier alpha value is 1.46. The normalized spacial score (nSPS) is 12.2. The molecule has 0 aliphatic carbocycles. The maximum atomic E-state index is 9.86. The van der Waals surface area contributed by atoms with E-state index < -0.39 is 31.7 Å². The molecular formula is C2H7KO6S2. The van der Waals surface area contributed by atoms with E-state index in [0.29, 0.717) is 0 Å². The first kappa shape index (κ1) is 15.0. The molecule has 0 saturated heterocycles. The van der Waals surface area contributed by atoms with Crippen molar-refractivity contribution in [1.29, 1.82) is 0 Å². The molecule has 0 radical (unpaired) electrons. The Morgan fingerprint density at radius 3 is 1.09 bits per heavy atom. The second kappa shape index (κ2) is 5.24. The Morgan fingerprint density at radius 1 is 0.818 bits per heavy atom. The molecule has 0 heterocycles. The van der Waals surface area contributed by atoms with E-state index in [9.17, 15) is 16.8 Å². The standard InChI is InChI=1S/C2H6O6S2.K.H/c3-9(4,5)1-2-10(6,7)8;;/h1-2H2,(H,3,4,5)(H,6,7,8);;. The van der Waals surface area contributed by atoms with Gasteiger partial charge in [0.15, 0.2) is 0 Å². The zero-order chi connectivity index (χ0) is 8.41. The Balaban J connectivity index is 0. The molecule has 64 valence electrons. The molecule has 6 nitrogen and oxygen atoms in total. The molecule has 9 heteroatoms. The van der Waals surface area contributed by atoms with Gasteiger partial charge in [-0.2, -0.15) is 16.8 Å². The van der Waals surface area contributed by atoms with Gasteiger partial charge in [-0.15, -0.1) is 0 Å². The minimum atomic E-state index is -4.30. The average molecular weight is 230 g/mol. The van der Waals surface area contributed by atoms with Crippen molar-refractivity contribution in [3.63, 3.8) is 0 Å². The Morgan fingerprint density at radius 2 is 1.00 bits per heavy atom. The van der Waals surface area contributed by atoms with Crippen LogP contribution in [-0.2, 0) is 20.2 Å². The molecule has 0 saturated carbocycles. The van der Waals surface area contributed by atoms with Crippen LogP contribution in [0.1, 0.15) is 0 Å². The van der Waals surface area contributed by atoms with Gasteiger partial charge < -0.3 is 0 Å². The van der Waals surface area contributed by atoms with Crippen molar-refractivity contribution in [1.82, 2.24) is 0 Å². The molecule has 0 unspecified atom stereocenters. The number of hydrogen-bond donors (Lipinski definition) is 2. The molecule has 0 amide bonds. The third-order valence-electron chi connectivity index (χ3n) is 0.599. The van der Waals surface area contributed by atoms with Crippen LogP contribution in [0.3, 0.4) is 0 Å². The van der Waals surface area contributed by atoms with Crippen molar-refractivity contribution in [2.24, 2.45) is 0 Å². The summed E-state index contributed by atoms with van der Waals surface area (Å²) in [5.74, 6) is -1.96. The molecule has 0 aliphatic rings. The van der Waals surface area contributed by atoms with Crippen LogP contribution in [0.25, 0.3) is 0 Å². The van der Waals surface area contributed by atoms with Crippen molar-refractivity contribution < 1.29 is 25.9 Å². The maximum absolute atomic E-state index is 9.86. The van der Waals surface area contributed by atoms with Crippen molar-refractivity contribution in [2.45, 2.75) is 0 Å². The summed E-state index contributed by atoms with van der Waals surface area (Å²) >= 11 is 0. The van der Waals surface area contributed by atoms with Gasteiger partial charge >= 0.3 is 51.4 Å². The molecule has 0 aromatic carbocycles. The Bertz CT molecular complexity index is 255. The fourth-order valence-electron chi connectivity index (χ4n) is 0.211. The van der Waals surface area contributed by atoms with Crippen LogP contribution >= 0.6 is 0 Å². The van der Waals surface area contributed by atoms with Crippen LogP contribution in [0.5, 0.6) is 0 Å². The summed E-state index contributed by atoms with van der Waals surface area (Å²) < 4.78 is 55.4. The molecule has 11 heavy (non-hydrogen) atoms. The third-order valence-corrected chi connectivity index (χ3v) is 2.30. The van der Waals surface area contributed by atoms with Gasteiger partial charge in [-0.25, -0.2) is 0 Å². The van der Waals surface area contributed by atoms with E-state index in [2.05, 4.69) is 0 Å². The van der Waals surface area contributed by atoms with Crippen LogP contribution in [0, 0.1) is 0 Å². The Kier molecular flexibility index (Phi) is 7.13. The third kappa shape index (κ3) is 14.3. The molecular weight excluding hydrogens is 223 g/mol. The molecule has 0 spiro atoms. The van der Waals surface area contributed by atoms with Gasteiger partial charge in [-0.05, 0) is 0 Å². The van der Waals surface area contributed by atoms with Crippen LogP contribution in [-0.4, -0.2) is 88.8 Å². The van der Waals surface area contributed by atoms with Crippen LogP contribution < -0.4 is 0 Å². The van der Waals surface area contributed by atoms with Gasteiger partial charge in [-0.3, -0.25) is 9.11 Å². The quantitative estimate of drug-likeness (QED) is 0.433. The summed E-state index contributed by atoms with van der Waals surface area (Å²) in [6.45, 7) is 0. The summed E-state index contributed by atoms with van der Waals surface area (Å²) in [6, 6.07) is 0. The minimum absolute atomic E-state index is 0. The summed E-state index contributed by atoms with van der Waals surface area (Å²) in [6.07, 6.45) is 0. The average Bonchev–Trinajstić information content (AvgIpc) is 1.57. The number of rotatable bonds is 3. The van der Waals surface area contributed by atoms with Crippen molar-refractivity contribution in [2.75, 3.05) is 11.5 Å². The predicted octanol–water partition coefficient (Wildman–Crippen LogP) is -1.89. The van der Waals surface area contributed by atoms with Gasteiger partial charge in [0.25, 0.3) is 20.2 Å². The monoisotopic (exact) mass is 230 g/mol. The van der Waals surface area contributed by atoms with Crippen LogP contribution in [0.15, 0.2) is 0 Å². The first-order valence-electron chi connectivity index (χ1n) is 2.11. The second-order valence-electron chi connectivity index (χ2n) is 1.57. The molecule has 0 aromatic heterocycles. The van der Waals surface area contributed by atoms with Gasteiger partial charge in [0.2, 0.25) is 0 Å². The van der Waals surface area contributed by atoms with Gasteiger partial charge in [0.05, 0.1) is 11.5 Å². The van der Waals surface area contributed by atoms with E-state index in [-0.39, 0.29) is 51.4 Å². The Labute approximate surface area is 107 Å².